The molecule has 0 unspecified atom stereocenters. The highest BCUT2D eigenvalue weighted by Gasteiger charge is 2.17. The van der Waals surface area contributed by atoms with Crippen LogP contribution in [0, 0.1) is 5.82 Å². The van der Waals surface area contributed by atoms with Crippen molar-refractivity contribution >= 4 is 43.8 Å². The third-order valence-corrected chi connectivity index (χ3v) is 5.83. The second-order valence-electron chi connectivity index (χ2n) is 5.18. The van der Waals surface area contributed by atoms with Gasteiger partial charge in [-0.2, -0.15) is 0 Å². The Kier molecular flexibility index (Phi) is 4.68. The SMILES string of the molecule is CCC(CC)c1nnc(NC(=O)c2cc3c(F)cccc3s2)s1. The minimum atomic E-state index is -0.315. The molecule has 2 heterocycles. The normalized spacial score (nSPS) is 11.3. The summed E-state index contributed by atoms with van der Waals surface area (Å²) in [6, 6.07) is 6.41. The molecule has 0 bridgehead atoms. The average molecular weight is 349 g/mol. The van der Waals surface area contributed by atoms with Crippen LogP contribution in [0.25, 0.3) is 10.1 Å². The zero-order valence-corrected chi connectivity index (χ0v) is 14.4. The fraction of sp³-hybridized carbons (Fsp3) is 0.312. The van der Waals surface area contributed by atoms with E-state index in [1.807, 2.05) is 0 Å². The van der Waals surface area contributed by atoms with Crippen LogP contribution in [0.2, 0.25) is 0 Å². The quantitative estimate of drug-likeness (QED) is 0.701. The Morgan fingerprint density at radius 3 is 2.74 bits per heavy atom. The molecule has 0 saturated carbocycles. The molecule has 7 heteroatoms. The zero-order valence-electron chi connectivity index (χ0n) is 12.8. The molecule has 3 aromatic rings. The summed E-state index contributed by atoms with van der Waals surface area (Å²) >= 11 is 2.66. The lowest BCUT2D eigenvalue weighted by molar-refractivity contribution is 0.103. The lowest BCUT2D eigenvalue weighted by Gasteiger charge is -2.05. The standard InChI is InChI=1S/C16H16FN3OS2/c1-3-9(4-2)15-19-20-16(23-15)18-14(21)13-8-10-11(17)6-5-7-12(10)22-13/h5-9H,3-4H2,1-2H3,(H,18,20,21). The molecule has 0 radical (unpaired) electrons. The highest BCUT2D eigenvalue weighted by molar-refractivity contribution is 7.21. The van der Waals surface area contributed by atoms with E-state index in [0.717, 1.165) is 22.5 Å². The average Bonchev–Trinajstić information content (AvgIpc) is 3.16. The van der Waals surface area contributed by atoms with Gasteiger partial charge in [0.2, 0.25) is 5.13 Å². The molecule has 1 amide bonds. The monoisotopic (exact) mass is 349 g/mol. The number of anilines is 1. The first kappa shape index (κ1) is 16.0. The summed E-state index contributed by atoms with van der Waals surface area (Å²) in [5.41, 5.74) is 0. The van der Waals surface area contributed by atoms with Crippen molar-refractivity contribution in [1.82, 2.24) is 10.2 Å². The fourth-order valence-corrected chi connectivity index (χ4v) is 4.36. The Morgan fingerprint density at radius 2 is 2.04 bits per heavy atom. The summed E-state index contributed by atoms with van der Waals surface area (Å²) < 4.78 is 14.5. The number of fused-ring (bicyclic) bond motifs is 1. The molecule has 0 atom stereocenters. The predicted octanol–water partition coefficient (Wildman–Crippen LogP) is 5.05. The predicted molar refractivity (Wildman–Crippen MR) is 93.0 cm³/mol. The van der Waals surface area contributed by atoms with Crippen LogP contribution in [0.5, 0.6) is 0 Å². The Balaban J connectivity index is 1.79. The number of nitrogens with one attached hydrogen (secondary N) is 1. The molecular formula is C16H16FN3OS2. The lowest BCUT2D eigenvalue weighted by atomic mass is 10.1. The van der Waals surface area contributed by atoms with Crippen LogP contribution < -0.4 is 5.32 Å². The van der Waals surface area contributed by atoms with Gasteiger partial charge in [0.15, 0.2) is 0 Å². The molecule has 0 aliphatic rings. The summed E-state index contributed by atoms with van der Waals surface area (Å²) in [5.74, 6) is -0.223. The third-order valence-electron chi connectivity index (χ3n) is 3.73. The van der Waals surface area contributed by atoms with Crippen molar-refractivity contribution in [3.8, 4) is 0 Å². The Hall–Kier alpha value is -1.86. The summed E-state index contributed by atoms with van der Waals surface area (Å²) in [7, 11) is 0. The smallest absolute Gasteiger partial charge is 0.267 e. The molecule has 0 spiro atoms. The molecule has 1 aromatic carbocycles. The van der Waals surface area contributed by atoms with Crippen LogP contribution >= 0.6 is 22.7 Å². The zero-order chi connectivity index (χ0) is 16.4. The molecule has 0 saturated heterocycles. The fourth-order valence-electron chi connectivity index (χ4n) is 2.38. The number of hydrogen-bond acceptors (Lipinski definition) is 5. The van der Waals surface area contributed by atoms with Gasteiger partial charge in [0.1, 0.15) is 10.8 Å². The highest BCUT2D eigenvalue weighted by Crippen LogP contribution is 2.30. The maximum Gasteiger partial charge on any atom is 0.267 e. The van der Waals surface area contributed by atoms with E-state index >= 15 is 0 Å². The van der Waals surface area contributed by atoms with E-state index in [1.165, 1.54) is 28.7 Å². The molecule has 0 aliphatic heterocycles. The van der Waals surface area contributed by atoms with Crippen molar-refractivity contribution in [2.45, 2.75) is 32.6 Å². The molecule has 4 nitrogen and oxygen atoms in total. The molecule has 3 rings (SSSR count). The highest BCUT2D eigenvalue weighted by atomic mass is 32.1. The summed E-state index contributed by atoms with van der Waals surface area (Å²) in [6.45, 7) is 4.22. The van der Waals surface area contributed by atoms with Crippen LogP contribution in [-0.2, 0) is 0 Å². The Bertz CT molecular complexity index is 839. The van der Waals surface area contributed by atoms with Gasteiger partial charge in [-0.05, 0) is 31.0 Å². The van der Waals surface area contributed by atoms with Crippen LogP contribution in [0.15, 0.2) is 24.3 Å². The number of nitrogens with zero attached hydrogens (tertiary/aromatic N) is 2. The van der Waals surface area contributed by atoms with Gasteiger partial charge in [0, 0.05) is 16.0 Å². The first-order chi connectivity index (χ1) is 11.1. The van der Waals surface area contributed by atoms with E-state index in [0.29, 0.717) is 21.3 Å². The van der Waals surface area contributed by atoms with E-state index in [-0.39, 0.29) is 11.7 Å². The molecule has 23 heavy (non-hydrogen) atoms. The topological polar surface area (TPSA) is 54.9 Å². The van der Waals surface area contributed by atoms with E-state index in [9.17, 15) is 9.18 Å². The van der Waals surface area contributed by atoms with Gasteiger partial charge < -0.3 is 0 Å². The second kappa shape index (κ2) is 6.72. The van der Waals surface area contributed by atoms with E-state index in [4.69, 9.17) is 0 Å². The molecule has 2 aromatic heterocycles. The minimum Gasteiger partial charge on any atom is -0.296 e. The van der Waals surface area contributed by atoms with Gasteiger partial charge >= 0.3 is 0 Å². The molecule has 120 valence electrons. The molecular weight excluding hydrogens is 333 g/mol. The van der Waals surface area contributed by atoms with Crippen molar-refractivity contribution in [3.05, 3.63) is 40.0 Å². The van der Waals surface area contributed by atoms with Crippen molar-refractivity contribution in [1.29, 1.82) is 0 Å². The number of amides is 1. The van der Waals surface area contributed by atoms with Gasteiger partial charge in [0.25, 0.3) is 5.91 Å². The van der Waals surface area contributed by atoms with Crippen LogP contribution in [0.3, 0.4) is 0 Å². The summed E-state index contributed by atoms with van der Waals surface area (Å²) in [5, 5.41) is 12.8. The van der Waals surface area contributed by atoms with E-state index < -0.39 is 0 Å². The van der Waals surface area contributed by atoms with Crippen molar-refractivity contribution in [2.24, 2.45) is 0 Å². The van der Waals surface area contributed by atoms with Gasteiger partial charge in [-0.3, -0.25) is 10.1 Å². The maximum absolute atomic E-state index is 13.7. The van der Waals surface area contributed by atoms with E-state index in [2.05, 4.69) is 29.4 Å². The summed E-state index contributed by atoms with van der Waals surface area (Å²) in [4.78, 5) is 12.8. The number of rotatable bonds is 5. The van der Waals surface area contributed by atoms with Gasteiger partial charge in [-0.15, -0.1) is 21.5 Å². The number of halogens is 1. The minimum absolute atomic E-state index is 0.280. The second-order valence-corrected chi connectivity index (χ2v) is 7.27. The molecule has 1 N–H and O–H groups in total. The first-order valence-corrected chi connectivity index (χ1v) is 9.08. The number of carbonyl (C=O) groups is 1. The summed E-state index contributed by atoms with van der Waals surface area (Å²) in [6.07, 6.45) is 1.99. The van der Waals surface area contributed by atoms with E-state index in [1.54, 1.807) is 18.2 Å². The number of hydrogen-bond donors (Lipinski definition) is 1. The van der Waals surface area contributed by atoms with Gasteiger partial charge in [0.05, 0.1) is 4.88 Å². The van der Waals surface area contributed by atoms with Crippen molar-refractivity contribution in [3.63, 3.8) is 0 Å². The maximum atomic E-state index is 13.7. The Morgan fingerprint density at radius 1 is 1.26 bits per heavy atom. The number of carbonyl (C=O) groups excluding carboxylic acids is 1. The van der Waals surface area contributed by atoms with Gasteiger partial charge in [-0.25, -0.2) is 4.39 Å². The first-order valence-electron chi connectivity index (χ1n) is 7.45. The Labute approximate surface area is 141 Å². The lowest BCUT2D eigenvalue weighted by Crippen LogP contribution is -2.09. The van der Waals surface area contributed by atoms with Crippen LogP contribution in [0.4, 0.5) is 9.52 Å². The largest absolute Gasteiger partial charge is 0.296 e. The third kappa shape index (κ3) is 3.25. The van der Waals surface area contributed by atoms with Crippen LogP contribution in [0.1, 0.15) is 47.3 Å². The number of thiophene rings is 1. The molecule has 0 aliphatic carbocycles. The van der Waals surface area contributed by atoms with Gasteiger partial charge in [-0.1, -0.05) is 31.3 Å². The van der Waals surface area contributed by atoms with Crippen molar-refractivity contribution < 1.29 is 9.18 Å². The molecule has 0 fully saturated rings. The number of benzene rings is 1. The number of aromatic nitrogens is 2. The van der Waals surface area contributed by atoms with Crippen LogP contribution in [-0.4, -0.2) is 16.1 Å². The van der Waals surface area contributed by atoms with Crippen molar-refractivity contribution in [2.75, 3.05) is 5.32 Å².